The molecule has 0 N–H and O–H groups in total. The minimum atomic E-state index is -0.339. The fraction of sp³-hybridized carbons (Fsp3) is 0.240. The van der Waals surface area contributed by atoms with Gasteiger partial charge in [-0.1, -0.05) is 6.07 Å². The van der Waals surface area contributed by atoms with Gasteiger partial charge < -0.3 is 13.9 Å². The second-order valence-electron chi connectivity index (χ2n) is 8.29. The lowest BCUT2D eigenvalue weighted by Gasteiger charge is -2.42. The molecule has 2 aliphatic heterocycles. The summed E-state index contributed by atoms with van der Waals surface area (Å²) in [6.07, 6.45) is 2.37. The van der Waals surface area contributed by atoms with Crippen LogP contribution in [0.25, 0.3) is 17.4 Å². The first-order chi connectivity index (χ1) is 15.5. The van der Waals surface area contributed by atoms with Crippen molar-refractivity contribution in [3.05, 3.63) is 87.8 Å². The summed E-state index contributed by atoms with van der Waals surface area (Å²) in [5.74, 6) is 0.483. The van der Waals surface area contributed by atoms with Crippen molar-refractivity contribution in [3.63, 3.8) is 0 Å². The fourth-order valence-corrected chi connectivity index (χ4v) is 4.72. The molecule has 1 aromatic carbocycles. The van der Waals surface area contributed by atoms with Crippen molar-refractivity contribution in [1.29, 1.82) is 5.26 Å². The van der Waals surface area contributed by atoms with E-state index < -0.39 is 0 Å². The summed E-state index contributed by atoms with van der Waals surface area (Å²) in [6, 6.07) is 16.6. The normalized spacial score (nSPS) is 19.9. The Hall–Kier alpha value is -3.92. The average molecular weight is 429 g/mol. The van der Waals surface area contributed by atoms with E-state index in [1.165, 1.54) is 18.2 Å². The highest BCUT2D eigenvalue weighted by Crippen LogP contribution is 2.35. The predicted octanol–water partition coefficient (Wildman–Crippen LogP) is 3.80. The Morgan fingerprint density at radius 3 is 2.69 bits per heavy atom. The molecule has 2 aromatic heterocycles. The molecule has 160 valence electrons. The van der Waals surface area contributed by atoms with E-state index in [0.717, 1.165) is 12.1 Å². The van der Waals surface area contributed by atoms with Crippen LogP contribution >= 0.6 is 0 Å². The van der Waals surface area contributed by atoms with Crippen LogP contribution in [0, 0.1) is 23.1 Å². The molecule has 5 rings (SSSR count). The van der Waals surface area contributed by atoms with Crippen molar-refractivity contribution in [3.8, 4) is 17.4 Å². The molecular weight excluding hydrogens is 409 g/mol. The number of halogens is 1. The highest BCUT2D eigenvalue weighted by atomic mass is 19.1. The van der Waals surface area contributed by atoms with Crippen molar-refractivity contribution in [2.45, 2.75) is 18.9 Å². The van der Waals surface area contributed by atoms with Crippen LogP contribution in [-0.2, 0) is 11.3 Å². The van der Waals surface area contributed by atoms with Gasteiger partial charge >= 0.3 is 0 Å². The molecule has 0 saturated carbocycles. The van der Waals surface area contributed by atoms with E-state index in [4.69, 9.17) is 4.42 Å². The first-order valence-corrected chi connectivity index (χ1v) is 10.5. The SMILES string of the molecule is N#C/C(=C\c1ccc(-c2ccc(F)cc2)o1)C(=O)N1C[C@@H]2C[C@@H](C1)c1cccc(=O)n1C2. The van der Waals surface area contributed by atoms with Crippen LogP contribution in [0.1, 0.15) is 23.8 Å². The number of hydrogen-bond acceptors (Lipinski definition) is 4. The Balaban J connectivity index is 1.37. The number of aromatic nitrogens is 1. The molecule has 6 nitrogen and oxygen atoms in total. The van der Waals surface area contributed by atoms with E-state index in [0.29, 0.717) is 36.7 Å². The zero-order chi connectivity index (χ0) is 22.2. The molecule has 32 heavy (non-hydrogen) atoms. The van der Waals surface area contributed by atoms with Gasteiger partial charge in [-0.2, -0.15) is 5.26 Å². The molecule has 2 aliphatic rings. The van der Waals surface area contributed by atoms with Gasteiger partial charge in [-0.3, -0.25) is 9.59 Å². The van der Waals surface area contributed by atoms with E-state index in [1.54, 1.807) is 41.3 Å². The van der Waals surface area contributed by atoms with E-state index in [9.17, 15) is 19.2 Å². The average Bonchev–Trinajstić information content (AvgIpc) is 3.27. The quantitative estimate of drug-likeness (QED) is 0.469. The number of carbonyl (C=O) groups excluding carboxylic acids is 1. The highest BCUT2D eigenvalue weighted by Gasteiger charge is 2.37. The maximum Gasteiger partial charge on any atom is 0.264 e. The summed E-state index contributed by atoms with van der Waals surface area (Å²) in [5.41, 5.74) is 1.64. The molecule has 4 heterocycles. The lowest BCUT2D eigenvalue weighted by Crippen LogP contribution is -2.49. The van der Waals surface area contributed by atoms with Crippen LogP contribution in [0.2, 0.25) is 0 Å². The standard InChI is InChI=1S/C25H20FN3O3/c26-20-6-4-17(5-7-20)23-9-8-21(32-23)11-18(12-27)25(31)28-13-16-10-19(15-28)22-2-1-3-24(30)29(22)14-16/h1-9,11,16,19H,10,13-15H2/b18-11+/t16-,19-/m0/s1. The summed E-state index contributed by atoms with van der Waals surface area (Å²) in [4.78, 5) is 27.0. The summed E-state index contributed by atoms with van der Waals surface area (Å²) in [5, 5.41) is 9.65. The third-order valence-corrected chi connectivity index (χ3v) is 6.16. The second kappa shape index (κ2) is 7.97. The maximum absolute atomic E-state index is 13.1. The van der Waals surface area contributed by atoms with Gasteiger partial charge in [-0.25, -0.2) is 4.39 Å². The van der Waals surface area contributed by atoms with Gasteiger partial charge in [0.15, 0.2) is 0 Å². The number of benzene rings is 1. The van der Waals surface area contributed by atoms with Crippen molar-refractivity contribution in [2.75, 3.05) is 13.1 Å². The predicted molar refractivity (Wildman–Crippen MR) is 116 cm³/mol. The molecular formula is C25H20FN3O3. The van der Waals surface area contributed by atoms with E-state index >= 15 is 0 Å². The zero-order valence-corrected chi connectivity index (χ0v) is 17.2. The molecule has 3 aromatic rings. The largest absolute Gasteiger partial charge is 0.457 e. The Bertz CT molecular complexity index is 1310. The van der Waals surface area contributed by atoms with Gasteiger partial charge in [0.2, 0.25) is 0 Å². The summed E-state index contributed by atoms with van der Waals surface area (Å²) >= 11 is 0. The first-order valence-electron chi connectivity index (χ1n) is 10.5. The number of pyridine rings is 1. The third-order valence-electron chi connectivity index (χ3n) is 6.16. The molecule has 0 radical (unpaired) electrons. The van der Waals surface area contributed by atoms with Crippen LogP contribution in [-0.4, -0.2) is 28.5 Å². The van der Waals surface area contributed by atoms with Crippen molar-refractivity contribution < 1.29 is 13.6 Å². The number of nitriles is 1. The molecule has 0 aliphatic carbocycles. The zero-order valence-electron chi connectivity index (χ0n) is 17.2. The van der Waals surface area contributed by atoms with Crippen LogP contribution in [0.4, 0.5) is 4.39 Å². The van der Waals surface area contributed by atoms with Crippen LogP contribution in [0.5, 0.6) is 0 Å². The van der Waals surface area contributed by atoms with Gasteiger partial charge in [0, 0.05) is 49.0 Å². The van der Waals surface area contributed by atoms with Crippen molar-refractivity contribution in [1.82, 2.24) is 9.47 Å². The Kier molecular flexibility index (Phi) is 4.98. The second-order valence-corrected chi connectivity index (χ2v) is 8.29. The lowest BCUT2D eigenvalue weighted by atomic mass is 9.83. The number of fused-ring (bicyclic) bond motifs is 4. The topological polar surface area (TPSA) is 79.2 Å². The highest BCUT2D eigenvalue weighted by molar-refractivity contribution is 6.01. The summed E-state index contributed by atoms with van der Waals surface area (Å²) in [7, 11) is 0. The molecule has 7 heteroatoms. The number of likely N-dealkylation sites (tertiary alicyclic amines) is 1. The fourth-order valence-electron chi connectivity index (χ4n) is 4.72. The van der Waals surface area contributed by atoms with Crippen molar-refractivity contribution >= 4 is 12.0 Å². The number of nitrogens with zero attached hydrogens (tertiary/aromatic N) is 3. The van der Waals surface area contributed by atoms with Gasteiger partial charge in [0.05, 0.1) is 0 Å². The monoisotopic (exact) mass is 429 g/mol. The molecule has 2 atom stereocenters. The van der Waals surface area contributed by atoms with Crippen LogP contribution in [0.3, 0.4) is 0 Å². The van der Waals surface area contributed by atoms with Crippen LogP contribution < -0.4 is 5.56 Å². The number of hydrogen-bond donors (Lipinski definition) is 0. The van der Waals surface area contributed by atoms with Gasteiger partial charge in [0.1, 0.15) is 29.0 Å². The number of furan rings is 1. The Morgan fingerprint density at radius 1 is 1.09 bits per heavy atom. The Morgan fingerprint density at radius 2 is 1.91 bits per heavy atom. The minimum Gasteiger partial charge on any atom is -0.457 e. The summed E-state index contributed by atoms with van der Waals surface area (Å²) < 4.78 is 20.7. The lowest BCUT2D eigenvalue weighted by molar-refractivity contribution is -0.129. The Labute approximate surface area is 183 Å². The molecule has 1 amide bonds. The van der Waals surface area contributed by atoms with E-state index in [1.807, 2.05) is 16.7 Å². The van der Waals surface area contributed by atoms with Crippen molar-refractivity contribution in [2.24, 2.45) is 5.92 Å². The number of piperidine rings is 1. The summed E-state index contributed by atoms with van der Waals surface area (Å²) in [6.45, 7) is 1.56. The smallest absolute Gasteiger partial charge is 0.264 e. The number of amides is 1. The first kappa shape index (κ1) is 20.0. The van der Waals surface area contributed by atoms with Gasteiger partial charge in [-0.15, -0.1) is 0 Å². The number of carbonyl (C=O) groups is 1. The molecule has 2 bridgehead atoms. The van der Waals surface area contributed by atoms with Gasteiger partial charge in [-0.05, 0) is 54.8 Å². The van der Waals surface area contributed by atoms with Crippen LogP contribution in [0.15, 0.2) is 69.4 Å². The minimum absolute atomic E-state index is 0.00423. The van der Waals surface area contributed by atoms with Gasteiger partial charge in [0.25, 0.3) is 11.5 Å². The molecule has 1 fully saturated rings. The molecule has 1 saturated heterocycles. The number of rotatable bonds is 3. The van der Waals surface area contributed by atoms with E-state index in [2.05, 4.69) is 0 Å². The maximum atomic E-state index is 13.1. The molecule has 0 spiro atoms. The molecule has 0 unspecified atom stereocenters. The third kappa shape index (κ3) is 3.65. The van der Waals surface area contributed by atoms with E-state index in [-0.39, 0.29) is 34.7 Å².